The number of H-pyrrole nitrogens is 1. The first-order chi connectivity index (χ1) is 9.92. The highest BCUT2D eigenvalue weighted by Crippen LogP contribution is 2.20. The van der Waals surface area contributed by atoms with Gasteiger partial charge in [0.1, 0.15) is 16.6 Å². The van der Waals surface area contributed by atoms with Gasteiger partial charge in [0.25, 0.3) is 5.56 Å². The Morgan fingerprint density at radius 3 is 2.81 bits per heavy atom. The summed E-state index contributed by atoms with van der Waals surface area (Å²) >= 11 is 5.60. The molecule has 1 aromatic carbocycles. The van der Waals surface area contributed by atoms with E-state index in [9.17, 15) is 18.8 Å². The van der Waals surface area contributed by atoms with E-state index in [-0.39, 0.29) is 16.3 Å². The van der Waals surface area contributed by atoms with E-state index >= 15 is 0 Å². The maximum atomic E-state index is 13.2. The lowest BCUT2D eigenvalue weighted by atomic mass is 10.1. The van der Waals surface area contributed by atoms with Gasteiger partial charge in [-0.3, -0.25) is 19.1 Å². The standard InChI is InChI=1S/C13H10ClFN2O4/c1-21-11-3-2-7(15)4-8(11)10(18)6-17-5-9(14)12(19)16-13(17)20/h2-5H,6H2,1H3,(H,16,19,20). The average molecular weight is 313 g/mol. The second-order valence-corrected chi connectivity index (χ2v) is 4.54. The Hall–Kier alpha value is -2.41. The summed E-state index contributed by atoms with van der Waals surface area (Å²) in [7, 11) is 1.34. The van der Waals surface area contributed by atoms with E-state index in [1.807, 2.05) is 4.98 Å². The van der Waals surface area contributed by atoms with Crippen LogP contribution in [0, 0.1) is 5.82 Å². The number of rotatable bonds is 4. The van der Waals surface area contributed by atoms with Crippen LogP contribution in [0.1, 0.15) is 10.4 Å². The lowest BCUT2D eigenvalue weighted by Gasteiger charge is -2.09. The van der Waals surface area contributed by atoms with Gasteiger partial charge in [0.15, 0.2) is 5.78 Å². The van der Waals surface area contributed by atoms with Crippen molar-refractivity contribution in [2.75, 3.05) is 7.11 Å². The first kappa shape index (κ1) is 15.0. The Labute approximate surface area is 122 Å². The topological polar surface area (TPSA) is 81.2 Å². The number of aromatic nitrogens is 2. The van der Waals surface area contributed by atoms with Crippen molar-refractivity contribution < 1.29 is 13.9 Å². The number of aromatic amines is 1. The van der Waals surface area contributed by atoms with E-state index in [1.54, 1.807) is 0 Å². The van der Waals surface area contributed by atoms with Gasteiger partial charge in [0.05, 0.1) is 19.2 Å². The molecule has 0 aliphatic rings. The molecule has 1 heterocycles. The van der Waals surface area contributed by atoms with Gasteiger partial charge in [-0.2, -0.15) is 0 Å². The molecule has 21 heavy (non-hydrogen) atoms. The highest BCUT2D eigenvalue weighted by atomic mass is 35.5. The van der Waals surface area contributed by atoms with Crippen LogP contribution in [-0.4, -0.2) is 22.4 Å². The number of hydrogen-bond acceptors (Lipinski definition) is 4. The summed E-state index contributed by atoms with van der Waals surface area (Å²) < 4.78 is 19.1. The highest BCUT2D eigenvalue weighted by molar-refractivity contribution is 6.30. The summed E-state index contributed by atoms with van der Waals surface area (Å²) in [6.45, 7) is -0.408. The number of benzene rings is 1. The molecular formula is C13H10ClFN2O4. The van der Waals surface area contributed by atoms with Crippen LogP contribution in [0.4, 0.5) is 4.39 Å². The second-order valence-electron chi connectivity index (χ2n) is 4.13. The minimum Gasteiger partial charge on any atom is -0.496 e. The molecule has 8 heteroatoms. The summed E-state index contributed by atoms with van der Waals surface area (Å²) in [5.74, 6) is -0.979. The molecule has 0 fully saturated rings. The summed E-state index contributed by atoms with van der Waals surface area (Å²) in [6.07, 6.45) is 1.05. The number of methoxy groups -OCH3 is 1. The van der Waals surface area contributed by atoms with Crippen LogP contribution in [0.15, 0.2) is 34.0 Å². The lowest BCUT2D eigenvalue weighted by Crippen LogP contribution is -2.31. The molecule has 0 atom stereocenters. The maximum absolute atomic E-state index is 13.2. The molecule has 0 amide bonds. The number of carbonyl (C=O) groups excluding carboxylic acids is 1. The van der Waals surface area contributed by atoms with Gasteiger partial charge in [-0.25, -0.2) is 9.18 Å². The van der Waals surface area contributed by atoms with Crippen molar-refractivity contribution in [1.82, 2.24) is 9.55 Å². The Balaban J connectivity index is 2.39. The molecule has 0 radical (unpaired) electrons. The molecule has 0 aliphatic heterocycles. The first-order valence-electron chi connectivity index (χ1n) is 5.78. The predicted molar refractivity (Wildman–Crippen MR) is 73.6 cm³/mol. The van der Waals surface area contributed by atoms with Gasteiger partial charge >= 0.3 is 5.69 Å². The second kappa shape index (κ2) is 5.92. The summed E-state index contributed by atoms with van der Waals surface area (Å²) in [5, 5.41) is -0.228. The number of ketones is 1. The number of nitrogens with one attached hydrogen (secondary N) is 1. The fraction of sp³-hybridized carbons (Fsp3) is 0.154. The number of carbonyl (C=O) groups is 1. The van der Waals surface area contributed by atoms with Crippen LogP contribution < -0.4 is 16.0 Å². The largest absolute Gasteiger partial charge is 0.496 e. The molecule has 2 aromatic rings. The number of halogens is 2. The third-order valence-corrected chi connectivity index (χ3v) is 3.01. The third kappa shape index (κ3) is 3.19. The van der Waals surface area contributed by atoms with Crippen LogP contribution >= 0.6 is 11.6 Å². The van der Waals surface area contributed by atoms with Crippen LogP contribution in [0.2, 0.25) is 5.02 Å². The molecule has 1 aromatic heterocycles. The van der Waals surface area contributed by atoms with Crippen molar-refractivity contribution in [2.24, 2.45) is 0 Å². The molecule has 2 rings (SSSR count). The lowest BCUT2D eigenvalue weighted by molar-refractivity contribution is 0.0966. The first-order valence-corrected chi connectivity index (χ1v) is 6.16. The minimum absolute atomic E-state index is 0.00766. The zero-order valence-corrected chi connectivity index (χ0v) is 11.6. The molecule has 0 bridgehead atoms. The molecule has 1 N–H and O–H groups in total. The van der Waals surface area contributed by atoms with Gasteiger partial charge in [0.2, 0.25) is 0 Å². The zero-order chi connectivity index (χ0) is 15.6. The predicted octanol–water partition coefficient (Wildman–Crippen LogP) is 1.22. The Kier molecular flexibility index (Phi) is 4.23. The van der Waals surface area contributed by atoms with Crippen LogP contribution in [0.3, 0.4) is 0 Å². The monoisotopic (exact) mass is 312 g/mol. The summed E-state index contributed by atoms with van der Waals surface area (Å²) in [5.41, 5.74) is -1.53. The van der Waals surface area contributed by atoms with Gasteiger partial charge in [-0.05, 0) is 18.2 Å². The van der Waals surface area contributed by atoms with Gasteiger partial charge in [-0.1, -0.05) is 11.6 Å². The average Bonchev–Trinajstić information content (AvgIpc) is 2.44. The van der Waals surface area contributed by atoms with Crippen molar-refractivity contribution in [3.05, 3.63) is 61.6 Å². The third-order valence-electron chi connectivity index (χ3n) is 2.74. The number of hydrogen-bond donors (Lipinski definition) is 1. The van der Waals surface area contributed by atoms with Crippen molar-refractivity contribution >= 4 is 17.4 Å². The Bertz CT molecular complexity index is 813. The molecule has 0 saturated carbocycles. The van der Waals surface area contributed by atoms with Gasteiger partial charge in [0, 0.05) is 6.20 Å². The van der Waals surface area contributed by atoms with Crippen LogP contribution in [-0.2, 0) is 6.54 Å². The smallest absolute Gasteiger partial charge is 0.328 e. The molecule has 0 saturated heterocycles. The molecular weight excluding hydrogens is 303 g/mol. The number of ether oxygens (including phenoxy) is 1. The molecule has 110 valence electrons. The van der Waals surface area contributed by atoms with E-state index in [0.717, 1.165) is 22.9 Å². The van der Waals surface area contributed by atoms with E-state index in [2.05, 4.69) is 0 Å². The molecule has 0 aliphatic carbocycles. The van der Waals surface area contributed by atoms with Gasteiger partial charge in [-0.15, -0.1) is 0 Å². The van der Waals surface area contributed by atoms with E-state index in [0.29, 0.717) is 0 Å². The minimum atomic E-state index is -0.784. The highest BCUT2D eigenvalue weighted by Gasteiger charge is 2.15. The normalized spacial score (nSPS) is 10.4. The van der Waals surface area contributed by atoms with Crippen LogP contribution in [0.25, 0.3) is 0 Å². The van der Waals surface area contributed by atoms with E-state index in [1.165, 1.54) is 13.2 Å². The number of nitrogens with zero attached hydrogens (tertiary/aromatic N) is 1. The number of Topliss-reactive ketones (excluding diaryl/α,β-unsaturated/α-hetero) is 1. The van der Waals surface area contributed by atoms with Gasteiger partial charge < -0.3 is 4.74 Å². The molecule has 6 nitrogen and oxygen atoms in total. The van der Waals surface area contributed by atoms with Crippen molar-refractivity contribution in [3.63, 3.8) is 0 Å². The Morgan fingerprint density at radius 2 is 2.14 bits per heavy atom. The summed E-state index contributed by atoms with van der Waals surface area (Å²) in [4.78, 5) is 36.8. The van der Waals surface area contributed by atoms with E-state index < -0.39 is 29.4 Å². The maximum Gasteiger partial charge on any atom is 0.328 e. The summed E-state index contributed by atoms with van der Waals surface area (Å²) in [6, 6.07) is 3.48. The van der Waals surface area contributed by atoms with E-state index in [4.69, 9.17) is 16.3 Å². The van der Waals surface area contributed by atoms with Crippen molar-refractivity contribution in [2.45, 2.75) is 6.54 Å². The fourth-order valence-electron chi connectivity index (χ4n) is 1.74. The van der Waals surface area contributed by atoms with Crippen LogP contribution in [0.5, 0.6) is 5.75 Å². The SMILES string of the molecule is COc1ccc(F)cc1C(=O)Cn1cc(Cl)c(=O)[nH]c1=O. The molecule has 0 unspecified atom stereocenters. The Morgan fingerprint density at radius 1 is 1.43 bits per heavy atom. The van der Waals surface area contributed by atoms with Crippen molar-refractivity contribution in [3.8, 4) is 5.75 Å². The fourth-order valence-corrected chi connectivity index (χ4v) is 1.90. The van der Waals surface area contributed by atoms with Crippen molar-refractivity contribution in [1.29, 1.82) is 0 Å². The molecule has 0 spiro atoms. The zero-order valence-electron chi connectivity index (χ0n) is 10.9. The quantitative estimate of drug-likeness (QED) is 0.861.